The molecule has 0 aliphatic carbocycles. The molecule has 0 amide bonds. The molecule has 1 aromatic heterocycles. The minimum atomic E-state index is -5.67. The van der Waals surface area contributed by atoms with E-state index in [1.807, 2.05) is 17.5 Å². The molecule has 4 nitrogen and oxygen atoms in total. The van der Waals surface area contributed by atoms with Gasteiger partial charge in [0.25, 0.3) is 9.84 Å². The Morgan fingerprint density at radius 1 is 1.24 bits per heavy atom. The zero-order chi connectivity index (χ0) is 18.2. The van der Waals surface area contributed by atoms with Gasteiger partial charge in [-0.1, -0.05) is 6.07 Å². The van der Waals surface area contributed by atoms with Crippen molar-refractivity contribution >= 4 is 26.9 Å². The molecule has 1 aliphatic rings. The monoisotopic (exact) mass is 395 g/mol. The molecule has 1 aromatic carbocycles. The minimum Gasteiger partial charge on any atom is -0.369 e. The van der Waals surface area contributed by atoms with Crippen LogP contribution >= 0.6 is 11.3 Å². The van der Waals surface area contributed by atoms with Gasteiger partial charge < -0.3 is 9.64 Å². The Morgan fingerprint density at radius 2 is 2.00 bits per heavy atom. The highest BCUT2D eigenvalue weighted by Gasteiger charge is 2.48. The van der Waals surface area contributed by atoms with E-state index in [2.05, 4.69) is 0 Å². The molecule has 1 aliphatic heterocycles. The Bertz CT molecular complexity index is 850. The Labute approximate surface area is 145 Å². The zero-order valence-corrected chi connectivity index (χ0v) is 14.3. The molecule has 2 heterocycles. The van der Waals surface area contributed by atoms with Crippen LogP contribution in [0.25, 0.3) is 0 Å². The van der Waals surface area contributed by atoms with Crippen LogP contribution in [0.1, 0.15) is 11.0 Å². The van der Waals surface area contributed by atoms with Gasteiger partial charge in [-0.25, -0.2) is 12.8 Å². The van der Waals surface area contributed by atoms with Crippen molar-refractivity contribution in [1.29, 1.82) is 0 Å². The van der Waals surface area contributed by atoms with Crippen LogP contribution in [0.5, 0.6) is 0 Å². The van der Waals surface area contributed by atoms with Crippen molar-refractivity contribution < 1.29 is 30.7 Å². The minimum absolute atomic E-state index is 0.173. The number of ether oxygens (including phenoxy) is 1. The van der Waals surface area contributed by atoms with Crippen LogP contribution in [0.4, 0.5) is 23.2 Å². The molecule has 0 saturated carbocycles. The van der Waals surface area contributed by atoms with Gasteiger partial charge in [-0.15, -0.1) is 11.3 Å². The molecule has 136 valence electrons. The van der Waals surface area contributed by atoms with E-state index in [1.54, 1.807) is 0 Å². The van der Waals surface area contributed by atoms with Crippen LogP contribution in [0.15, 0.2) is 40.6 Å². The number of anilines is 1. The normalized spacial score (nSPS) is 19.2. The van der Waals surface area contributed by atoms with Crippen molar-refractivity contribution in [3.8, 4) is 0 Å². The molecule has 1 saturated heterocycles. The third-order valence-corrected chi connectivity index (χ3v) is 6.26. The predicted molar refractivity (Wildman–Crippen MR) is 84.9 cm³/mol. The summed E-state index contributed by atoms with van der Waals surface area (Å²) in [5.74, 6) is -1.05. The first-order chi connectivity index (χ1) is 11.7. The number of morpholine rings is 1. The molecular formula is C15H13F4NO3S2. The molecule has 1 unspecified atom stereocenters. The number of hydrogen-bond acceptors (Lipinski definition) is 5. The second-order valence-corrected chi connectivity index (χ2v) is 8.27. The van der Waals surface area contributed by atoms with Gasteiger partial charge in [0.05, 0.1) is 12.3 Å². The summed E-state index contributed by atoms with van der Waals surface area (Å²) in [6, 6.07) is 6.06. The molecule has 1 fully saturated rings. The van der Waals surface area contributed by atoms with E-state index in [0.717, 1.165) is 17.0 Å². The molecule has 0 bridgehead atoms. The maximum absolute atomic E-state index is 13.5. The molecule has 0 spiro atoms. The summed E-state index contributed by atoms with van der Waals surface area (Å²) in [4.78, 5) is 1.28. The smallest absolute Gasteiger partial charge is 0.369 e. The summed E-state index contributed by atoms with van der Waals surface area (Å²) in [5, 5.41) is 1.84. The summed E-state index contributed by atoms with van der Waals surface area (Å²) >= 11 is 1.43. The van der Waals surface area contributed by atoms with Crippen LogP contribution in [-0.2, 0) is 14.6 Å². The lowest BCUT2D eigenvalue weighted by atomic mass is 10.2. The lowest BCUT2D eigenvalue weighted by Gasteiger charge is -2.35. The van der Waals surface area contributed by atoms with Gasteiger partial charge >= 0.3 is 5.51 Å². The average molecular weight is 395 g/mol. The maximum Gasteiger partial charge on any atom is 0.501 e. The van der Waals surface area contributed by atoms with E-state index in [0.29, 0.717) is 6.07 Å². The topological polar surface area (TPSA) is 46.6 Å². The van der Waals surface area contributed by atoms with Gasteiger partial charge in [-0.05, 0) is 29.6 Å². The van der Waals surface area contributed by atoms with Crippen molar-refractivity contribution in [3.63, 3.8) is 0 Å². The van der Waals surface area contributed by atoms with Crippen LogP contribution < -0.4 is 4.90 Å². The van der Waals surface area contributed by atoms with Crippen molar-refractivity contribution in [2.45, 2.75) is 16.5 Å². The SMILES string of the molecule is O=S(=O)(c1cc(F)ccc1N1CCOC(c2cccs2)C1)C(F)(F)F. The van der Waals surface area contributed by atoms with E-state index in [1.165, 1.54) is 16.2 Å². The largest absolute Gasteiger partial charge is 0.501 e. The second kappa shape index (κ2) is 6.58. The zero-order valence-electron chi connectivity index (χ0n) is 12.7. The number of alkyl halides is 3. The third kappa shape index (κ3) is 3.51. The number of benzene rings is 1. The Hall–Kier alpha value is -1.65. The van der Waals surface area contributed by atoms with Crippen LogP contribution in [0.2, 0.25) is 0 Å². The summed E-state index contributed by atoms with van der Waals surface area (Å²) in [6.07, 6.45) is -0.389. The number of hydrogen-bond donors (Lipinski definition) is 0. The predicted octanol–water partition coefficient (Wildman–Crippen LogP) is 3.76. The van der Waals surface area contributed by atoms with Gasteiger partial charge in [0.1, 0.15) is 16.8 Å². The van der Waals surface area contributed by atoms with E-state index in [9.17, 15) is 26.0 Å². The number of sulfone groups is 1. The first-order valence-corrected chi connectivity index (χ1v) is 9.57. The fourth-order valence-corrected chi connectivity index (χ4v) is 4.36. The number of halogens is 4. The number of nitrogens with zero attached hydrogens (tertiary/aromatic N) is 1. The Morgan fingerprint density at radius 3 is 2.64 bits per heavy atom. The van der Waals surface area contributed by atoms with Crippen LogP contribution in [0, 0.1) is 5.82 Å². The molecule has 1 atom stereocenters. The molecule has 25 heavy (non-hydrogen) atoms. The van der Waals surface area contributed by atoms with E-state index in [4.69, 9.17) is 4.74 Å². The fourth-order valence-electron chi connectivity index (χ4n) is 2.60. The van der Waals surface area contributed by atoms with E-state index >= 15 is 0 Å². The highest BCUT2D eigenvalue weighted by atomic mass is 32.2. The van der Waals surface area contributed by atoms with Crippen molar-refractivity contribution in [3.05, 3.63) is 46.4 Å². The Balaban J connectivity index is 2.00. The first kappa shape index (κ1) is 18.2. The molecule has 10 heteroatoms. The van der Waals surface area contributed by atoms with Crippen molar-refractivity contribution in [2.75, 3.05) is 24.6 Å². The van der Waals surface area contributed by atoms with Gasteiger partial charge in [-0.2, -0.15) is 13.2 Å². The quantitative estimate of drug-likeness (QED) is 0.743. The van der Waals surface area contributed by atoms with E-state index < -0.39 is 26.1 Å². The standard InChI is InChI=1S/C15H13F4NO3S2/c16-10-3-4-11(14(8-10)25(21,22)15(17,18)19)20-5-6-23-12(9-20)13-2-1-7-24-13/h1-4,7-8,12H,5-6,9H2. The fraction of sp³-hybridized carbons (Fsp3) is 0.333. The average Bonchev–Trinajstić information content (AvgIpc) is 3.08. The molecule has 3 rings (SSSR count). The van der Waals surface area contributed by atoms with Crippen LogP contribution in [-0.4, -0.2) is 33.6 Å². The maximum atomic E-state index is 13.5. The lowest BCUT2D eigenvalue weighted by Crippen LogP contribution is -2.39. The number of rotatable bonds is 3. The van der Waals surface area contributed by atoms with Gasteiger partial charge in [-0.3, -0.25) is 0 Å². The number of thiophene rings is 1. The molecular weight excluding hydrogens is 382 g/mol. The molecule has 0 radical (unpaired) electrons. The molecule has 2 aromatic rings. The summed E-state index contributed by atoms with van der Waals surface area (Å²) in [6.45, 7) is 0.589. The molecule has 0 N–H and O–H groups in total. The van der Waals surface area contributed by atoms with Crippen LogP contribution in [0.3, 0.4) is 0 Å². The lowest BCUT2D eigenvalue weighted by molar-refractivity contribution is -0.0436. The third-order valence-electron chi connectivity index (χ3n) is 3.78. The second-order valence-electron chi connectivity index (χ2n) is 5.38. The summed E-state index contributed by atoms with van der Waals surface area (Å²) in [7, 11) is -5.67. The van der Waals surface area contributed by atoms with Crippen molar-refractivity contribution in [1.82, 2.24) is 0 Å². The summed E-state index contributed by atoms with van der Waals surface area (Å²) in [5.41, 5.74) is -5.68. The highest BCUT2D eigenvalue weighted by Crippen LogP contribution is 2.38. The Kier molecular flexibility index (Phi) is 4.78. The van der Waals surface area contributed by atoms with Gasteiger partial charge in [0.2, 0.25) is 0 Å². The highest BCUT2D eigenvalue weighted by molar-refractivity contribution is 7.92. The van der Waals surface area contributed by atoms with Crippen molar-refractivity contribution in [2.24, 2.45) is 0 Å². The van der Waals surface area contributed by atoms with E-state index in [-0.39, 0.29) is 31.5 Å². The van der Waals surface area contributed by atoms with Gasteiger partial charge in [0.15, 0.2) is 0 Å². The van der Waals surface area contributed by atoms with Gasteiger partial charge in [0, 0.05) is 18.0 Å². The summed E-state index contributed by atoms with van der Waals surface area (Å²) < 4.78 is 81.6. The first-order valence-electron chi connectivity index (χ1n) is 7.21.